The number of hydrogen-bond donors (Lipinski definition) is 1. The number of nitrogens with zero attached hydrogens (tertiary/aromatic N) is 5. The average Bonchev–Trinajstić information content (AvgIpc) is 3.14. The van der Waals surface area contributed by atoms with Gasteiger partial charge in [0.2, 0.25) is 5.16 Å². The topological polar surface area (TPSA) is 82.5 Å². The molecule has 0 radical (unpaired) electrons. The fourth-order valence-electron chi connectivity index (χ4n) is 2.56. The van der Waals surface area contributed by atoms with E-state index in [1.807, 2.05) is 25.1 Å². The van der Waals surface area contributed by atoms with Crippen molar-refractivity contribution < 1.29 is 0 Å². The Hall–Kier alpha value is -2.10. The van der Waals surface area contributed by atoms with Crippen molar-refractivity contribution in [3.63, 3.8) is 0 Å². The van der Waals surface area contributed by atoms with Gasteiger partial charge in [-0.2, -0.15) is 0 Å². The average molecular weight is 415 g/mol. The molecule has 0 spiro atoms. The van der Waals surface area contributed by atoms with Crippen LogP contribution < -0.4 is 5.84 Å². The molecule has 138 valence electrons. The predicted molar refractivity (Wildman–Crippen MR) is 112 cm³/mol. The van der Waals surface area contributed by atoms with E-state index in [2.05, 4.69) is 36.2 Å². The van der Waals surface area contributed by atoms with E-state index in [0.717, 1.165) is 21.1 Å². The summed E-state index contributed by atoms with van der Waals surface area (Å²) in [6.07, 6.45) is 0. The molecule has 0 aliphatic rings. The van der Waals surface area contributed by atoms with E-state index < -0.39 is 0 Å². The summed E-state index contributed by atoms with van der Waals surface area (Å²) in [5.74, 6) is 8.22. The number of aryl methyl sites for hydroxylation is 3. The molecule has 0 amide bonds. The molecule has 0 atom stereocenters. The Morgan fingerprint density at radius 1 is 1.07 bits per heavy atom. The SMILES string of the molecule is Cc1sc2nc(CSc3ccccc3)nc(Sc3nnc(C)n3N)c2c1C. The number of benzene rings is 1. The lowest BCUT2D eigenvalue weighted by atomic mass is 10.2. The second-order valence-electron chi connectivity index (χ2n) is 6.01. The molecule has 1 aromatic carbocycles. The van der Waals surface area contributed by atoms with Gasteiger partial charge >= 0.3 is 0 Å². The Kier molecular flexibility index (Phi) is 5.07. The van der Waals surface area contributed by atoms with Crippen LogP contribution in [0.3, 0.4) is 0 Å². The summed E-state index contributed by atoms with van der Waals surface area (Å²) in [5, 5.41) is 10.8. The molecule has 4 rings (SSSR count). The summed E-state index contributed by atoms with van der Waals surface area (Å²) in [4.78, 5) is 13.1. The monoisotopic (exact) mass is 414 g/mol. The van der Waals surface area contributed by atoms with Crippen LogP contribution in [0.15, 0.2) is 45.4 Å². The second kappa shape index (κ2) is 7.49. The summed E-state index contributed by atoms with van der Waals surface area (Å²) in [5.41, 5.74) is 1.21. The molecular formula is C18H18N6S3. The highest BCUT2D eigenvalue weighted by Crippen LogP contribution is 2.38. The molecular weight excluding hydrogens is 396 g/mol. The Bertz CT molecular complexity index is 1100. The van der Waals surface area contributed by atoms with Gasteiger partial charge < -0.3 is 5.84 Å². The molecule has 0 bridgehead atoms. The fourth-order valence-corrected chi connectivity index (χ4v) is 5.44. The lowest BCUT2D eigenvalue weighted by Gasteiger charge is -2.07. The Morgan fingerprint density at radius 2 is 1.85 bits per heavy atom. The van der Waals surface area contributed by atoms with Crippen LogP contribution >= 0.6 is 34.9 Å². The molecule has 27 heavy (non-hydrogen) atoms. The number of nitrogen functional groups attached to an aromatic ring is 1. The molecule has 0 saturated carbocycles. The highest BCUT2D eigenvalue weighted by molar-refractivity contribution is 7.99. The van der Waals surface area contributed by atoms with Crippen LogP contribution in [0, 0.1) is 20.8 Å². The van der Waals surface area contributed by atoms with Crippen molar-refractivity contribution in [3.05, 3.63) is 52.4 Å². The third-order valence-corrected chi connectivity index (χ3v) is 7.23. The van der Waals surface area contributed by atoms with Gasteiger partial charge in [-0.3, -0.25) is 0 Å². The maximum absolute atomic E-state index is 6.04. The van der Waals surface area contributed by atoms with E-state index >= 15 is 0 Å². The van der Waals surface area contributed by atoms with Gasteiger partial charge in [-0.05, 0) is 50.2 Å². The van der Waals surface area contributed by atoms with Crippen molar-refractivity contribution in [1.29, 1.82) is 0 Å². The molecule has 9 heteroatoms. The van der Waals surface area contributed by atoms with Crippen molar-refractivity contribution in [1.82, 2.24) is 24.8 Å². The second-order valence-corrected chi connectivity index (χ2v) is 9.22. The van der Waals surface area contributed by atoms with Crippen LogP contribution in [0.4, 0.5) is 0 Å². The molecule has 3 heterocycles. The molecule has 2 N–H and O–H groups in total. The molecule has 0 aliphatic heterocycles. The highest BCUT2D eigenvalue weighted by Gasteiger charge is 2.18. The quantitative estimate of drug-likeness (QED) is 0.295. The van der Waals surface area contributed by atoms with Crippen molar-refractivity contribution in [3.8, 4) is 0 Å². The first-order valence-corrected chi connectivity index (χ1v) is 10.9. The number of rotatable bonds is 5. The van der Waals surface area contributed by atoms with Gasteiger partial charge in [0.05, 0.1) is 5.75 Å². The zero-order valence-corrected chi connectivity index (χ0v) is 17.6. The lowest BCUT2D eigenvalue weighted by molar-refractivity contribution is 0.823. The fraction of sp³-hybridized carbons (Fsp3) is 0.222. The van der Waals surface area contributed by atoms with Crippen LogP contribution in [0.25, 0.3) is 10.2 Å². The number of thiophene rings is 1. The van der Waals surface area contributed by atoms with E-state index in [1.165, 1.54) is 31.8 Å². The maximum Gasteiger partial charge on any atom is 0.216 e. The number of nitrogens with two attached hydrogens (primary N) is 1. The molecule has 4 aromatic rings. The van der Waals surface area contributed by atoms with Gasteiger partial charge in [0.1, 0.15) is 21.5 Å². The van der Waals surface area contributed by atoms with Gasteiger partial charge in [-0.15, -0.1) is 33.3 Å². The number of fused-ring (bicyclic) bond motifs is 1. The van der Waals surface area contributed by atoms with Crippen LogP contribution in [-0.2, 0) is 5.75 Å². The van der Waals surface area contributed by atoms with Crippen LogP contribution in [0.5, 0.6) is 0 Å². The van der Waals surface area contributed by atoms with E-state index in [4.69, 9.17) is 15.8 Å². The summed E-state index contributed by atoms with van der Waals surface area (Å²) < 4.78 is 1.49. The Balaban J connectivity index is 1.72. The van der Waals surface area contributed by atoms with Gasteiger partial charge in [-0.1, -0.05) is 18.2 Å². The molecule has 0 fully saturated rings. The van der Waals surface area contributed by atoms with Crippen molar-refractivity contribution in [2.75, 3.05) is 5.84 Å². The van der Waals surface area contributed by atoms with Crippen molar-refractivity contribution in [2.24, 2.45) is 0 Å². The van der Waals surface area contributed by atoms with Crippen molar-refractivity contribution >= 4 is 45.1 Å². The largest absolute Gasteiger partial charge is 0.336 e. The van der Waals surface area contributed by atoms with Crippen LogP contribution in [0.1, 0.15) is 22.1 Å². The summed E-state index contributed by atoms with van der Waals surface area (Å²) >= 11 is 4.87. The molecule has 0 unspecified atom stereocenters. The van der Waals surface area contributed by atoms with Crippen LogP contribution in [0.2, 0.25) is 0 Å². The Morgan fingerprint density at radius 3 is 2.56 bits per heavy atom. The van der Waals surface area contributed by atoms with E-state index in [9.17, 15) is 0 Å². The smallest absolute Gasteiger partial charge is 0.216 e. The molecule has 0 saturated heterocycles. The molecule has 6 nitrogen and oxygen atoms in total. The standard InChI is InChI=1S/C18H18N6S3/c1-10-11(2)26-16-15(10)17(27-18-23-22-12(3)24(18)19)21-14(20-16)9-25-13-7-5-4-6-8-13/h4-8H,9,19H2,1-3H3. The van der Waals surface area contributed by atoms with Gasteiger partial charge in [0, 0.05) is 15.2 Å². The van der Waals surface area contributed by atoms with Gasteiger partial charge in [-0.25, -0.2) is 14.6 Å². The Labute approximate surface area is 169 Å². The first-order chi connectivity index (χ1) is 13.0. The first-order valence-electron chi connectivity index (χ1n) is 8.32. The highest BCUT2D eigenvalue weighted by atomic mass is 32.2. The lowest BCUT2D eigenvalue weighted by Crippen LogP contribution is -2.11. The van der Waals surface area contributed by atoms with Crippen molar-refractivity contribution in [2.45, 2.75) is 41.6 Å². The van der Waals surface area contributed by atoms with Gasteiger partial charge in [0.15, 0.2) is 0 Å². The minimum atomic E-state index is 0.623. The third kappa shape index (κ3) is 3.67. The zero-order valence-electron chi connectivity index (χ0n) is 15.1. The number of hydrogen-bond acceptors (Lipinski definition) is 8. The summed E-state index contributed by atoms with van der Waals surface area (Å²) in [6, 6.07) is 10.3. The third-order valence-electron chi connectivity index (χ3n) is 4.18. The molecule has 3 aromatic heterocycles. The number of thioether (sulfide) groups is 1. The summed E-state index contributed by atoms with van der Waals surface area (Å²) in [7, 11) is 0. The predicted octanol–water partition coefficient (Wildman–Crippen LogP) is 4.37. The minimum Gasteiger partial charge on any atom is -0.336 e. The maximum atomic E-state index is 6.04. The molecule has 0 aliphatic carbocycles. The minimum absolute atomic E-state index is 0.623. The number of aromatic nitrogens is 5. The summed E-state index contributed by atoms with van der Waals surface area (Å²) in [6.45, 7) is 6.05. The normalized spacial score (nSPS) is 11.4. The van der Waals surface area contributed by atoms with E-state index in [1.54, 1.807) is 23.1 Å². The van der Waals surface area contributed by atoms with Gasteiger partial charge in [0.25, 0.3) is 0 Å². The zero-order chi connectivity index (χ0) is 19.0. The van der Waals surface area contributed by atoms with Crippen LogP contribution in [-0.4, -0.2) is 24.8 Å². The first kappa shape index (κ1) is 18.3. The van der Waals surface area contributed by atoms with E-state index in [-0.39, 0.29) is 0 Å². The van der Waals surface area contributed by atoms with E-state index in [0.29, 0.717) is 16.7 Å².